The molecule has 2 N–H and O–H groups in total. The topological polar surface area (TPSA) is 99.1 Å². The van der Waals surface area contributed by atoms with Gasteiger partial charge in [0.05, 0.1) is 29.8 Å². The number of aliphatic hydroxyl groups is 1. The van der Waals surface area contributed by atoms with E-state index in [1.807, 2.05) is 0 Å². The Bertz CT molecular complexity index is 1320. The van der Waals surface area contributed by atoms with E-state index in [9.17, 15) is 50.2 Å². The number of imide groups is 1. The normalized spacial score (nSPS) is 21.7. The summed E-state index contributed by atoms with van der Waals surface area (Å²) in [7, 11) is 0. The van der Waals surface area contributed by atoms with Crippen LogP contribution in [0.1, 0.15) is 42.4 Å². The Morgan fingerprint density at radius 3 is 1.98 bits per heavy atom. The quantitative estimate of drug-likeness (QED) is 0.370. The number of amides is 3. The maximum atomic E-state index is 14.1. The first kappa shape index (κ1) is 29.2. The smallest absolute Gasteiger partial charge is 0.389 e. The number of aliphatic imine (C=N–C) groups is 1. The Morgan fingerprint density at radius 1 is 0.875 bits per heavy atom. The van der Waals surface area contributed by atoms with Crippen molar-refractivity contribution in [3.8, 4) is 0 Å². The van der Waals surface area contributed by atoms with Crippen molar-refractivity contribution in [3.63, 3.8) is 0 Å². The summed E-state index contributed by atoms with van der Waals surface area (Å²) in [5.74, 6) is -7.87. The van der Waals surface area contributed by atoms with Gasteiger partial charge in [0.15, 0.2) is 0 Å². The van der Waals surface area contributed by atoms with Gasteiger partial charge in [-0.15, -0.1) is 0 Å². The van der Waals surface area contributed by atoms with Crippen molar-refractivity contribution in [2.45, 2.75) is 50.8 Å². The van der Waals surface area contributed by atoms with Crippen LogP contribution in [-0.4, -0.2) is 52.0 Å². The van der Waals surface area contributed by atoms with Gasteiger partial charge in [-0.1, -0.05) is 30.3 Å². The molecule has 2 aromatic carbocycles. The standard InChI is InChI=1S/C26H22F7N3O4/c27-15-5-1-3-13(11-15)19-18-6-2-4-14(12-37)20(18)35-22(38)21(34-19)36-23(39)16(7-9-25(28,29)30)17(24(36)40)8-10-26(31,32)33/h1-6,11,16-17,21,37H,7-10,12H2,(H,35,38)/t16-,17+,21-/m0/s1. The third-order valence-electron chi connectivity index (χ3n) is 6.73. The van der Waals surface area contributed by atoms with Gasteiger partial charge in [-0.05, 0) is 25.0 Å². The highest BCUT2D eigenvalue weighted by molar-refractivity contribution is 6.21. The van der Waals surface area contributed by atoms with Gasteiger partial charge in [0.25, 0.3) is 5.91 Å². The third kappa shape index (κ3) is 6.16. The fourth-order valence-electron chi connectivity index (χ4n) is 4.89. The number of benzodiazepines with no additional fused rings is 1. The molecule has 4 rings (SSSR count). The Labute approximate surface area is 222 Å². The number of rotatable bonds is 7. The van der Waals surface area contributed by atoms with Gasteiger partial charge >= 0.3 is 12.4 Å². The van der Waals surface area contributed by atoms with Crippen molar-refractivity contribution < 1.29 is 50.2 Å². The number of benzene rings is 2. The molecule has 1 fully saturated rings. The van der Waals surface area contributed by atoms with E-state index in [1.54, 1.807) is 0 Å². The number of para-hydroxylation sites is 1. The van der Waals surface area contributed by atoms with Crippen LogP contribution >= 0.6 is 0 Å². The molecular weight excluding hydrogens is 551 g/mol. The molecule has 2 aliphatic rings. The van der Waals surface area contributed by atoms with E-state index >= 15 is 0 Å². The lowest BCUT2D eigenvalue weighted by molar-refractivity contribution is -0.147. The highest BCUT2D eigenvalue weighted by atomic mass is 19.4. The molecule has 0 spiro atoms. The summed E-state index contributed by atoms with van der Waals surface area (Å²) in [6.45, 7) is -0.564. The average Bonchev–Trinajstić information content (AvgIpc) is 2.99. The Hall–Kier alpha value is -3.81. The van der Waals surface area contributed by atoms with E-state index in [-0.39, 0.29) is 28.1 Å². The van der Waals surface area contributed by atoms with Crippen molar-refractivity contribution in [2.75, 3.05) is 5.32 Å². The molecule has 3 amide bonds. The fourth-order valence-corrected chi connectivity index (χ4v) is 4.89. The molecule has 214 valence electrons. The van der Waals surface area contributed by atoms with Crippen molar-refractivity contribution in [3.05, 3.63) is 65.0 Å². The summed E-state index contributed by atoms with van der Waals surface area (Å²) in [5, 5.41) is 12.3. The molecule has 0 bridgehead atoms. The molecule has 2 aliphatic heterocycles. The van der Waals surface area contributed by atoms with Crippen LogP contribution in [0.4, 0.5) is 36.4 Å². The van der Waals surface area contributed by atoms with Crippen molar-refractivity contribution in [2.24, 2.45) is 16.8 Å². The van der Waals surface area contributed by atoms with E-state index < -0.39 is 86.2 Å². The number of nitrogens with one attached hydrogen (secondary N) is 1. The van der Waals surface area contributed by atoms with Gasteiger partial charge in [-0.3, -0.25) is 14.4 Å². The maximum Gasteiger partial charge on any atom is 0.389 e. The molecule has 1 saturated heterocycles. The zero-order valence-corrected chi connectivity index (χ0v) is 20.5. The van der Waals surface area contributed by atoms with Gasteiger partial charge < -0.3 is 10.4 Å². The van der Waals surface area contributed by atoms with Crippen molar-refractivity contribution in [1.82, 2.24) is 4.90 Å². The van der Waals surface area contributed by atoms with Gasteiger partial charge in [0, 0.05) is 29.5 Å². The molecule has 2 heterocycles. The molecule has 0 aromatic heterocycles. The lowest BCUT2D eigenvalue weighted by Gasteiger charge is -2.22. The van der Waals surface area contributed by atoms with Crippen LogP contribution in [0.15, 0.2) is 47.5 Å². The van der Waals surface area contributed by atoms with Gasteiger partial charge in [0.2, 0.25) is 18.0 Å². The van der Waals surface area contributed by atoms with E-state index in [1.165, 1.54) is 30.3 Å². The Kier molecular flexibility index (Phi) is 8.01. The SMILES string of the molecule is O=C1Nc2c(CO)cccc2C(c2cccc(F)c2)=N[C@H]1N1C(=O)[C@@H](CCC(F)(F)F)[C@@H](CCC(F)(F)F)C1=O. The van der Waals surface area contributed by atoms with E-state index in [0.29, 0.717) is 4.90 Å². The van der Waals surface area contributed by atoms with Crippen LogP contribution in [-0.2, 0) is 21.0 Å². The number of hydrogen-bond acceptors (Lipinski definition) is 5. The number of anilines is 1. The van der Waals surface area contributed by atoms with Gasteiger partial charge in [0.1, 0.15) is 5.82 Å². The largest absolute Gasteiger partial charge is 0.392 e. The number of carbonyl (C=O) groups is 3. The van der Waals surface area contributed by atoms with Crippen molar-refractivity contribution in [1.29, 1.82) is 0 Å². The fraction of sp³-hybridized carbons (Fsp3) is 0.385. The van der Waals surface area contributed by atoms with E-state index in [4.69, 9.17) is 0 Å². The second-order valence-electron chi connectivity index (χ2n) is 9.42. The molecule has 2 aromatic rings. The molecule has 3 atom stereocenters. The number of likely N-dealkylation sites (tertiary alicyclic amines) is 1. The van der Waals surface area contributed by atoms with Crippen LogP contribution in [0, 0.1) is 17.7 Å². The summed E-state index contributed by atoms with van der Waals surface area (Å²) in [6.07, 6.45) is -16.5. The maximum absolute atomic E-state index is 14.1. The highest BCUT2D eigenvalue weighted by Gasteiger charge is 2.53. The summed E-state index contributed by atoms with van der Waals surface area (Å²) >= 11 is 0. The number of alkyl halides is 6. The molecule has 0 radical (unpaired) electrons. The van der Waals surface area contributed by atoms with Crippen LogP contribution in [0.25, 0.3) is 0 Å². The number of carbonyl (C=O) groups excluding carboxylic acids is 3. The van der Waals surface area contributed by atoms with Crippen LogP contribution in [0.3, 0.4) is 0 Å². The van der Waals surface area contributed by atoms with Gasteiger partial charge in [-0.25, -0.2) is 14.3 Å². The first-order valence-corrected chi connectivity index (χ1v) is 12.1. The number of hydrogen-bond donors (Lipinski definition) is 2. The summed E-state index contributed by atoms with van der Waals surface area (Å²) < 4.78 is 92.0. The predicted molar refractivity (Wildman–Crippen MR) is 126 cm³/mol. The second-order valence-corrected chi connectivity index (χ2v) is 9.42. The van der Waals surface area contributed by atoms with Crippen LogP contribution in [0.2, 0.25) is 0 Å². The second kappa shape index (κ2) is 11.0. The molecule has 40 heavy (non-hydrogen) atoms. The molecule has 0 aliphatic carbocycles. The molecule has 0 saturated carbocycles. The third-order valence-corrected chi connectivity index (χ3v) is 6.73. The van der Waals surface area contributed by atoms with Crippen LogP contribution < -0.4 is 5.32 Å². The van der Waals surface area contributed by atoms with Crippen molar-refractivity contribution >= 4 is 29.1 Å². The Balaban J connectivity index is 1.81. The summed E-state index contributed by atoms with van der Waals surface area (Å²) in [6, 6.07) is 9.32. The minimum Gasteiger partial charge on any atom is -0.392 e. The molecular formula is C26H22F7N3O4. The van der Waals surface area contributed by atoms with E-state index in [0.717, 1.165) is 12.1 Å². The number of halogens is 7. The lowest BCUT2D eigenvalue weighted by Crippen LogP contribution is -2.46. The summed E-state index contributed by atoms with van der Waals surface area (Å²) in [5.41, 5.74) is 0.399. The molecule has 0 unspecified atom stereocenters. The lowest BCUT2D eigenvalue weighted by atomic mass is 9.87. The average molecular weight is 573 g/mol. The Morgan fingerprint density at radius 2 is 1.45 bits per heavy atom. The number of aliphatic hydroxyl groups excluding tert-OH is 1. The van der Waals surface area contributed by atoms with Crippen LogP contribution in [0.5, 0.6) is 0 Å². The number of nitrogens with zero attached hydrogens (tertiary/aromatic N) is 2. The first-order valence-electron chi connectivity index (χ1n) is 12.1. The van der Waals surface area contributed by atoms with Gasteiger partial charge in [-0.2, -0.15) is 26.3 Å². The highest BCUT2D eigenvalue weighted by Crippen LogP contribution is 2.40. The zero-order chi connectivity index (χ0) is 29.4. The summed E-state index contributed by atoms with van der Waals surface area (Å²) in [4.78, 5) is 44.5. The zero-order valence-electron chi connectivity index (χ0n) is 20.5. The number of fused-ring (bicyclic) bond motifs is 1. The minimum atomic E-state index is -4.75. The monoisotopic (exact) mass is 573 g/mol. The van der Waals surface area contributed by atoms with E-state index in [2.05, 4.69) is 10.3 Å². The molecule has 7 nitrogen and oxygen atoms in total. The predicted octanol–water partition coefficient (Wildman–Crippen LogP) is 4.72. The molecule has 14 heteroatoms. The minimum absolute atomic E-state index is 0.0295. The first-order chi connectivity index (χ1) is 18.7.